The Morgan fingerprint density at radius 2 is 1.33 bits per heavy atom. The molecule has 0 radical (unpaired) electrons. The highest BCUT2D eigenvalue weighted by Gasteiger charge is 2.52. The van der Waals surface area contributed by atoms with E-state index in [0.29, 0.717) is 11.5 Å². The summed E-state index contributed by atoms with van der Waals surface area (Å²) in [6.07, 6.45) is 2.47. The number of rotatable bonds is 4. The summed E-state index contributed by atoms with van der Waals surface area (Å²) in [6.45, 7) is 0.140. The highest BCUT2D eigenvalue weighted by molar-refractivity contribution is 6.21. The van der Waals surface area contributed by atoms with E-state index >= 15 is 0 Å². The van der Waals surface area contributed by atoms with Crippen molar-refractivity contribution in [3.8, 4) is 11.1 Å². The van der Waals surface area contributed by atoms with Crippen molar-refractivity contribution in [2.75, 3.05) is 6.61 Å². The van der Waals surface area contributed by atoms with E-state index in [1.165, 1.54) is 17.0 Å². The number of fused-ring (bicyclic) bond motifs is 5. The van der Waals surface area contributed by atoms with E-state index in [1.807, 2.05) is 24.3 Å². The van der Waals surface area contributed by atoms with Crippen LogP contribution in [0, 0.1) is 5.92 Å². The Bertz CT molecular complexity index is 1450. The first kappa shape index (κ1) is 23.6. The third-order valence-electron chi connectivity index (χ3n) is 8.60. The second-order valence-corrected chi connectivity index (χ2v) is 10.6. The lowest BCUT2D eigenvalue weighted by molar-refractivity contribution is -0.173. The molecule has 1 saturated heterocycles. The van der Waals surface area contributed by atoms with Gasteiger partial charge in [-0.25, -0.2) is 9.59 Å². The molecular weight excluding hydrogens is 496 g/mol. The van der Waals surface area contributed by atoms with Gasteiger partial charge in [-0.05, 0) is 59.6 Å². The van der Waals surface area contributed by atoms with Gasteiger partial charge in [0.1, 0.15) is 12.6 Å². The van der Waals surface area contributed by atoms with Crippen LogP contribution in [0.15, 0.2) is 72.8 Å². The molecule has 2 heterocycles. The Balaban J connectivity index is 1.10. The van der Waals surface area contributed by atoms with Crippen LogP contribution in [-0.2, 0) is 14.4 Å². The SMILES string of the molecule is O=C(ON1C(=O)c2ccccc2C1=O)[C@@H]1C[C@@H]2CCC[C@@H]2N1C(=O)OCC1c2ccccc2-c2ccccc21. The molecule has 0 spiro atoms. The van der Waals surface area contributed by atoms with Crippen molar-refractivity contribution in [3.05, 3.63) is 95.1 Å². The van der Waals surface area contributed by atoms with Crippen LogP contribution in [0.25, 0.3) is 11.1 Å². The number of hydroxylamine groups is 2. The molecule has 2 aliphatic heterocycles. The molecule has 196 valence electrons. The van der Waals surface area contributed by atoms with Gasteiger partial charge in [0.15, 0.2) is 0 Å². The third-order valence-corrected chi connectivity index (χ3v) is 8.60. The average Bonchev–Trinajstić information content (AvgIpc) is 3.70. The summed E-state index contributed by atoms with van der Waals surface area (Å²) in [5, 5.41) is 0.511. The monoisotopic (exact) mass is 522 g/mol. The molecule has 2 fully saturated rings. The maximum absolute atomic E-state index is 13.6. The minimum absolute atomic E-state index is 0.105. The van der Waals surface area contributed by atoms with Crippen molar-refractivity contribution in [2.45, 2.75) is 43.7 Å². The first-order valence-corrected chi connectivity index (χ1v) is 13.4. The Kier molecular flexibility index (Phi) is 5.50. The van der Waals surface area contributed by atoms with Crippen molar-refractivity contribution < 1.29 is 28.8 Å². The molecule has 4 aliphatic rings. The molecular formula is C31H26N2O6. The molecule has 1 saturated carbocycles. The van der Waals surface area contributed by atoms with Gasteiger partial charge in [0.05, 0.1) is 11.1 Å². The summed E-state index contributed by atoms with van der Waals surface area (Å²) >= 11 is 0. The van der Waals surface area contributed by atoms with Crippen LogP contribution >= 0.6 is 0 Å². The number of amides is 3. The molecule has 0 unspecified atom stereocenters. The van der Waals surface area contributed by atoms with Gasteiger partial charge in [-0.3, -0.25) is 14.5 Å². The highest BCUT2D eigenvalue weighted by Crippen LogP contribution is 2.45. The summed E-state index contributed by atoms with van der Waals surface area (Å²) in [5.74, 6) is -2.13. The Labute approximate surface area is 225 Å². The maximum Gasteiger partial charge on any atom is 0.410 e. The minimum Gasteiger partial charge on any atom is -0.448 e. The van der Waals surface area contributed by atoms with Crippen molar-refractivity contribution in [1.82, 2.24) is 9.96 Å². The molecule has 3 aromatic rings. The Morgan fingerprint density at radius 3 is 1.95 bits per heavy atom. The van der Waals surface area contributed by atoms with Crippen LogP contribution in [0.2, 0.25) is 0 Å². The Morgan fingerprint density at radius 1 is 0.769 bits per heavy atom. The maximum atomic E-state index is 13.6. The van der Waals surface area contributed by atoms with Crippen molar-refractivity contribution in [2.24, 2.45) is 5.92 Å². The van der Waals surface area contributed by atoms with E-state index in [0.717, 1.165) is 41.5 Å². The van der Waals surface area contributed by atoms with Gasteiger partial charge in [-0.15, -0.1) is 0 Å². The van der Waals surface area contributed by atoms with Gasteiger partial charge in [0.2, 0.25) is 0 Å². The molecule has 39 heavy (non-hydrogen) atoms. The van der Waals surface area contributed by atoms with E-state index in [1.54, 1.807) is 12.1 Å². The van der Waals surface area contributed by atoms with Gasteiger partial charge < -0.3 is 9.57 Å². The predicted octanol–water partition coefficient (Wildman–Crippen LogP) is 4.93. The van der Waals surface area contributed by atoms with E-state index in [2.05, 4.69) is 24.3 Å². The van der Waals surface area contributed by atoms with E-state index in [9.17, 15) is 19.2 Å². The molecule has 0 aromatic heterocycles. The summed E-state index contributed by atoms with van der Waals surface area (Å²) in [4.78, 5) is 59.3. The quantitative estimate of drug-likeness (QED) is 0.451. The number of likely N-dealkylation sites (tertiary alicyclic amines) is 1. The van der Waals surface area contributed by atoms with E-state index in [4.69, 9.17) is 9.57 Å². The van der Waals surface area contributed by atoms with Crippen LogP contribution in [0.3, 0.4) is 0 Å². The largest absolute Gasteiger partial charge is 0.448 e. The predicted molar refractivity (Wildman–Crippen MR) is 139 cm³/mol. The third kappa shape index (κ3) is 3.66. The number of benzene rings is 3. The molecule has 7 rings (SSSR count). The number of hydrogen-bond donors (Lipinski definition) is 0. The molecule has 3 atom stereocenters. The fourth-order valence-electron chi connectivity index (χ4n) is 6.83. The van der Waals surface area contributed by atoms with Gasteiger partial charge in [0, 0.05) is 12.0 Å². The lowest BCUT2D eigenvalue weighted by Crippen LogP contribution is -2.48. The number of imide groups is 1. The number of hydrogen-bond acceptors (Lipinski definition) is 6. The van der Waals surface area contributed by atoms with Crippen molar-refractivity contribution >= 4 is 23.9 Å². The number of nitrogens with zero attached hydrogens (tertiary/aromatic N) is 2. The topological polar surface area (TPSA) is 93.2 Å². The van der Waals surface area contributed by atoms with Crippen LogP contribution < -0.4 is 0 Å². The number of carbonyl (C=O) groups is 4. The van der Waals surface area contributed by atoms with Gasteiger partial charge >= 0.3 is 12.1 Å². The van der Waals surface area contributed by atoms with Crippen LogP contribution in [0.4, 0.5) is 4.79 Å². The number of carbonyl (C=O) groups excluding carboxylic acids is 4. The second kappa shape index (κ2) is 9.08. The minimum atomic E-state index is -0.930. The summed E-state index contributed by atoms with van der Waals surface area (Å²) < 4.78 is 5.91. The van der Waals surface area contributed by atoms with Crippen molar-refractivity contribution in [3.63, 3.8) is 0 Å². The normalized spacial score (nSPS) is 22.9. The first-order valence-electron chi connectivity index (χ1n) is 13.4. The zero-order valence-electron chi connectivity index (χ0n) is 21.1. The van der Waals surface area contributed by atoms with Crippen molar-refractivity contribution in [1.29, 1.82) is 0 Å². The number of ether oxygens (including phenoxy) is 1. The van der Waals surface area contributed by atoms with Gasteiger partial charge in [0.25, 0.3) is 11.8 Å². The van der Waals surface area contributed by atoms with Gasteiger partial charge in [-0.1, -0.05) is 72.1 Å². The average molecular weight is 523 g/mol. The zero-order chi connectivity index (χ0) is 26.7. The lowest BCUT2D eigenvalue weighted by atomic mass is 9.98. The molecule has 2 aliphatic carbocycles. The summed E-state index contributed by atoms with van der Waals surface area (Å²) in [6, 6.07) is 21.5. The fraction of sp³-hybridized carbons (Fsp3) is 0.290. The van der Waals surface area contributed by atoms with Crippen LogP contribution in [-0.4, -0.2) is 52.5 Å². The molecule has 8 heteroatoms. The Hall–Kier alpha value is -4.46. The van der Waals surface area contributed by atoms with Gasteiger partial charge in [-0.2, -0.15) is 0 Å². The molecule has 0 N–H and O–H groups in total. The lowest BCUT2D eigenvalue weighted by Gasteiger charge is -2.29. The smallest absolute Gasteiger partial charge is 0.410 e. The summed E-state index contributed by atoms with van der Waals surface area (Å²) in [7, 11) is 0. The van der Waals surface area contributed by atoms with E-state index in [-0.39, 0.29) is 35.6 Å². The molecule has 8 nitrogen and oxygen atoms in total. The van der Waals surface area contributed by atoms with Crippen LogP contribution in [0.1, 0.15) is 63.4 Å². The first-order chi connectivity index (χ1) is 19.0. The molecule has 3 amide bonds. The fourth-order valence-corrected chi connectivity index (χ4v) is 6.83. The van der Waals surface area contributed by atoms with Crippen LogP contribution in [0.5, 0.6) is 0 Å². The molecule has 0 bridgehead atoms. The summed E-state index contributed by atoms with van der Waals surface area (Å²) in [5.41, 5.74) is 4.85. The van der Waals surface area contributed by atoms with E-state index < -0.39 is 29.9 Å². The molecule has 3 aromatic carbocycles. The zero-order valence-corrected chi connectivity index (χ0v) is 21.1. The highest BCUT2D eigenvalue weighted by atomic mass is 16.7. The standard InChI is InChI=1S/C31H26N2O6/c34-28-23-13-5-6-14-24(23)29(35)33(28)39-30(36)27-16-18-8-7-15-26(18)32(27)31(37)38-17-25-21-11-3-1-9-19(21)20-10-2-4-12-22(20)25/h1-6,9-14,18,25-27H,7-8,15-17H2/t18-,26-,27-/m0/s1. The second-order valence-electron chi connectivity index (χ2n) is 10.6.